The van der Waals surface area contributed by atoms with Gasteiger partial charge in [-0.3, -0.25) is 9.67 Å². The predicted octanol–water partition coefficient (Wildman–Crippen LogP) is 1.93. The van der Waals surface area contributed by atoms with Gasteiger partial charge in [0.1, 0.15) is 0 Å². The highest BCUT2D eigenvalue weighted by molar-refractivity contribution is 9.10. The molecule has 2 heterocycles. The highest BCUT2D eigenvalue weighted by Gasteiger charge is 2.17. The van der Waals surface area contributed by atoms with Crippen molar-refractivity contribution in [2.45, 2.75) is 19.0 Å². The normalized spacial score (nSPS) is 12.6. The van der Waals surface area contributed by atoms with Crippen LogP contribution in [-0.4, -0.2) is 28.5 Å². The molecule has 0 aliphatic carbocycles. The molecule has 19 heavy (non-hydrogen) atoms. The lowest BCUT2D eigenvalue weighted by atomic mass is 10.1. The summed E-state index contributed by atoms with van der Waals surface area (Å²) in [6.07, 6.45) is 4.22. The quantitative estimate of drug-likeness (QED) is 0.881. The second kappa shape index (κ2) is 6.79. The minimum atomic E-state index is -0.149. The summed E-state index contributed by atoms with van der Waals surface area (Å²) in [7, 11) is 1.67. The molecule has 5 nitrogen and oxygen atoms in total. The van der Waals surface area contributed by atoms with Crippen LogP contribution in [0.5, 0.6) is 0 Å². The van der Waals surface area contributed by atoms with E-state index in [1.54, 1.807) is 19.5 Å². The first-order chi connectivity index (χ1) is 9.22. The fraction of sp³-hybridized carbons (Fsp3) is 0.385. The molecule has 6 heteroatoms. The van der Waals surface area contributed by atoms with Crippen molar-refractivity contribution in [3.05, 3.63) is 46.5 Å². The van der Waals surface area contributed by atoms with Gasteiger partial charge in [-0.05, 0) is 28.1 Å². The SMILES string of the molecule is COCCn1ncc(Br)c1C(N)Cc1ccccn1. The molecular formula is C13H17BrN4O. The Labute approximate surface area is 120 Å². The van der Waals surface area contributed by atoms with E-state index in [2.05, 4.69) is 26.0 Å². The van der Waals surface area contributed by atoms with Gasteiger partial charge in [-0.15, -0.1) is 0 Å². The first kappa shape index (κ1) is 14.2. The molecule has 0 fully saturated rings. The number of hydrogen-bond donors (Lipinski definition) is 1. The summed E-state index contributed by atoms with van der Waals surface area (Å²) in [5.41, 5.74) is 8.22. The van der Waals surface area contributed by atoms with Crippen molar-refractivity contribution in [3.63, 3.8) is 0 Å². The van der Waals surface area contributed by atoms with Gasteiger partial charge in [-0.1, -0.05) is 6.07 Å². The maximum atomic E-state index is 6.27. The lowest BCUT2D eigenvalue weighted by molar-refractivity contribution is 0.182. The van der Waals surface area contributed by atoms with Crippen LogP contribution in [0.15, 0.2) is 35.1 Å². The number of nitrogens with two attached hydrogens (primary N) is 1. The summed E-state index contributed by atoms with van der Waals surface area (Å²) in [5.74, 6) is 0. The predicted molar refractivity (Wildman–Crippen MR) is 76.7 cm³/mol. The van der Waals surface area contributed by atoms with E-state index in [4.69, 9.17) is 10.5 Å². The van der Waals surface area contributed by atoms with Gasteiger partial charge >= 0.3 is 0 Å². The van der Waals surface area contributed by atoms with E-state index < -0.39 is 0 Å². The van der Waals surface area contributed by atoms with E-state index in [9.17, 15) is 0 Å². The van der Waals surface area contributed by atoms with E-state index in [0.29, 0.717) is 19.6 Å². The Bertz CT molecular complexity index is 515. The molecule has 2 aromatic rings. The molecule has 2 aromatic heterocycles. The van der Waals surface area contributed by atoms with Gasteiger partial charge in [0, 0.05) is 25.4 Å². The lowest BCUT2D eigenvalue weighted by Gasteiger charge is -2.14. The average Bonchev–Trinajstić information content (AvgIpc) is 2.78. The van der Waals surface area contributed by atoms with Gasteiger partial charge in [-0.25, -0.2) is 0 Å². The van der Waals surface area contributed by atoms with Crippen LogP contribution in [0.1, 0.15) is 17.4 Å². The Morgan fingerprint density at radius 3 is 3.00 bits per heavy atom. The van der Waals surface area contributed by atoms with Gasteiger partial charge in [0.25, 0.3) is 0 Å². The van der Waals surface area contributed by atoms with Crippen molar-refractivity contribution < 1.29 is 4.74 Å². The first-order valence-electron chi connectivity index (χ1n) is 6.08. The van der Waals surface area contributed by atoms with Gasteiger partial charge < -0.3 is 10.5 Å². The monoisotopic (exact) mass is 324 g/mol. The van der Waals surface area contributed by atoms with Crippen LogP contribution >= 0.6 is 15.9 Å². The molecule has 0 spiro atoms. The maximum Gasteiger partial charge on any atom is 0.0698 e. The topological polar surface area (TPSA) is 66.0 Å². The van der Waals surface area contributed by atoms with Crippen LogP contribution < -0.4 is 5.73 Å². The van der Waals surface area contributed by atoms with Gasteiger partial charge in [0.2, 0.25) is 0 Å². The summed E-state index contributed by atoms with van der Waals surface area (Å²) in [6.45, 7) is 1.30. The minimum absolute atomic E-state index is 0.149. The number of methoxy groups -OCH3 is 1. The Morgan fingerprint density at radius 1 is 1.47 bits per heavy atom. The number of halogens is 1. The Kier molecular flexibility index (Phi) is 5.07. The summed E-state index contributed by atoms with van der Waals surface area (Å²) < 4.78 is 7.88. The molecule has 1 atom stereocenters. The molecule has 102 valence electrons. The van der Waals surface area contributed by atoms with Gasteiger partial charge in [0.05, 0.1) is 35.6 Å². The van der Waals surface area contributed by atoms with Crippen molar-refractivity contribution >= 4 is 15.9 Å². The fourth-order valence-corrected chi connectivity index (χ4v) is 2.53. The zero-order valence-corrected chi connectivity index (χ0v) is 12.4. The van der Waals surface area contributed by atoms with Crippen molar-refractivity contribution in [1.82, 2.24) is 14.8 Å². The van der Waals surface area contributed by atoms with Crippen LogP contribution in [0.2, 0.25) is 0 Å². The van der Waals surface area contributed by atoms with Crippen LogP contribution in [0.25, 0.3) is 0 Å². The van der Waals surface area contributed by atoms with E-state index in [1.807, 2.05) is 22.9 Å². The number of rotatable bonds is 6. The molecule has 2 N–H and O–H groups in total. The molecule has 0 bridgehead atoms. The third kappa shape index (κ3) is 3.62. The zero-order valence-electron chi connectivity index (χ0n) is 10.8. The summed E-state index contributed by atoms with van der Waals surface area (Å²) in [6, 6.07) is 5.69. The molecule has 0 aromatic carbocycles. The highest BCUT2D eigenvalue weighted by Crippen LogP contribution is 2.24. The van der Waals surface area contributed by atoms with Crippen LogP contribution in [0.3, 0.4) is 0 Å². The smallest absolute Gasteiger partial charge is 0.0698 e. The molecule has 1 unspecified atom stereocenters. The largest absolute Gasteiger partial charge is 0.383 e. The van der Waals surface area contributed by atoms with E-state index in [1.165, 1.54) is 0 Å². The number of hydrogen-bond acceptors (Lipinski definition) is 4. The Morgan fingerprint density at radius 2 is 2.32 bits per heavy atom. The second-order valence-electron chi connectivity index (χ2n) is 4.23. The fourth-order valence-electron chi connectivity index (χ4n) is 1.94. The summed E-state index contributed by atoms with van der Waals surface area (Å²) in [4.78, 5) is 4.30. The average molecular weight is 325 g/mol. The molecule has 0 saturated carbocycles. The van der Waals surface area contributed by atoms with Gasteiger partial charge in [-0.2, -0.15) is 5.10 Å². The van der Waals surface area contributed by atoms with E-state index in [-0.39, 0.29) is 6.04 Å². The van der Waals surface area contributed by atoms with E-state index in [0.717, 1.165) is 15.9 Å². The van der Waals surface area contributed by atoms with Crippen molar-refractivity contribution in [2.24, 2.45) is 5.73 Å². The highest BCUT2D eigenvalue weighted by atomic mass is 79.9. The van der Waals surface area contributed by atoms with Crippen LogP contribution in [0, 0.1) is 0 Å². The molecule has 0 aliphatic rings. The Hall–Kier alpha value is -1.24. The lowest BCUT2D eigenvalue weighted by Crippen LogP contribution is -2.20. The summed E-state index contributed by atoms with van der Waals surface area (Å²) in [5, 5.41) is 4.31. The zero-order chi connectivity index (χ0) is 13.7. The van der Waals surface area contributed by atoms with Crippen molar-refractivity contribution in [1.29, 1.82) is 0 Å². The standard InChI is InChI=1S/C13H17BrN4O/c1-19-7-6-18-13(11(14)9-17-18)12(15)8-10-4-2-3-5-16-10/h2-5,9,12H,6-8,15H2,1H3. The second-order valence-corrected chi connectivity index (χ2v) is 5.08. The van der Waals surface area contributed by atoms with Crippen LogP contribution in [-0.2, 0) is 17.7 Å². The van der Waals surface area contributed by atoms with Crippen molar-refractivity contribution in [2.75, 3.05) is 13.7 Å². The third-order valence-electron chi connectivity index (χ3n) is 2.85. The van der Waals surface area contributed by atoms with Crippen molar-refractivity contribution in [3.8, 4) is 0 Å². The first-order valence-corrected chi connectivity index (χ1v) is 6.87. The third-order valence-corrected chi connectivity index (χ3v) is 3.46. The molecular weight excluding hydrogens is 308 g/mol. The number of nitrogens with zero attached hydrogens (tertiary/aromatic N) is 3. The summed E-state index contributed by atoms with van der Waals surface area (Å²) >= 11 is 3.50. The molecule has 0 aliphatic heterocycles. The van der Waals surface area contributed by atoms with E-state index >= 15 is 0 Å². The molecule has 2 rings (SSSR count). The van der Waals surface area contributed by atoms with Crippen LogP contribution in [0.4, 0.5) is 0 Å². The molecule has 0 radical (unpaired) electrons. The number of aromatic nitrogens is 3. The minimum Gasteiger partial charge on any atom is -0.383 e. The Balaban J connectivity index is 2.14. The maximum absolute atomic E-state index is 6.27. The van der Waals surface area contributed by atoms with Gasteiger partial charge in [0.15, 0.2) is 0 Å². The number of pyridine rings is 1. The molecule has 0 saturated heterocycles. The number of ether oxygens (including phenoxy) is 1. The molecule has 0 amide bonds.